The van der Waals surface area contributed by atoms with Gasteiger partial charge in [0.1, 0.15) is 0 Å². The van der Waals surface area contributed by atoms with Crippen molar-refractivity contribution in [1.82, 2.24) is 0 Å². The molecular weight excluding hydrogens is 124 g/mol. The Balaban J connectivity index is 2.32. The Morgan fingerprint density at radius 3 is 2.40 bits per heavy atom. The monoisotopic (exact) mass is 142 g/mol. The Kier molecular flexibility index (Phi) is 2.72. The van der Waals surface area contributed by atoms with Crippen molar-refractivity contribution in [3.8, 4) is 0 Å². The van der Waals surface area contributed by atoms with E-state index in [1.165, 1.54) is 6.42 Å². The van der Waals surface area contributed by atoms with Crippen molar-refractivity contribution >= 4 is 0 Å². The van der Waals surface area contributed by atoms with Crippen molar-refractivity contribution in [3.05, 3.63) is 0 Å². The average Bonchev–Trinajstić information content (AvgIpc) is 2.36. The van der Waals surface area contributed by atoms with Crippen molar-refractivity contribution in [2.24, 2.45) is 17.8 Å². The number of ether oxygens (including phenoxy) is 1. The van der Waals surface area contributed by atoms with Crippen LogP contribution in [0.2, 0.25) is 0 Å². The van der Waals surface area contributed by atoms with Crippen LogP contribution in [0.25, 0.3) is 0 Å². The van der Waals surface area contributed by atoms with Crippen LogP contribution in [0, 0.1) is 17.8 Å². The molecule has 0 N–H and O–H groups in total. The zero-order valence-corrected chi connectivity index (χ0v) is 7.26. The fourth-order valence-corrected chi connectivity index (χ4v) is 1.51. The topological polar surface area (TPSA) is 9.23 Å². The van der Waals surface area contributed by atoms with Gasteiger partial charge in [-0.2, -0.15) is 0 Å². The van der Waals surface area contributed by atoms with Crippen LogP contribution in [0.5, 0.6) is 0 Å². The van der Waals surface area contributed by atoms with Gasteiger partial charge < -0.3 is 4.74 Å². The maximum Gasteiger partial charge on any atom is 0.0497 e. The third-order valence-corrected chi connectivity index (χ3v) is 2.76. The lowest BCUT2D eigenvalue weighted by atomic mass is 9.85. The van der Waals surface area contributed by atoms with Crippen LogP contribution in [-0.2, 0) is 4.74 Å². The lowest BCUT2D eigenvalue weighted by Gasteiger charge is -2.20. The molecule has 1 fully saturated rings. The number of rotatable bonds is 2. The molecule has 1 saturated heterocycles. The molecule has 60 valence electrons. The lowest BCUT2D eigenvalue weighted by Crippen LogP contribution is -2.16. The molecule has 1 rings (SSSR count). The highest BCUT2D eigenvalue weighted by atomic mass is 16.5. The third kappa shape index (κ3) is 1.72. The van der Waals surface area contributed by atoms with E-state index in [1.54, 1.807) is 0 Å². The van der Waals surface area contributed by atoms with Crippen LogP contribution < -0.4 is 0 Å². The minimum atomic E-state index is 0.812. The smallest absolute Gasteiger partial charge is 0.0497 e. The van der Waals surface area contributed by atoms with E-state index in [9.17, 15) is 0 Å². The van der Waals surface area contributed by atoms with Crippen molar-refractivity contribution < 1.29 is 4.74 Å². The van der Waals surface area contributed by atoms with E-state index in [2.05, 4.69) is 20.8 Å². The van der Waals surface area contributed by atoms with Crippen molar-refractivity contribution in [2.45, 2.75) is 27.2 Å². The molecule has 0 aliphatic carbocycles. The molecule has 2 unspecified atom stereocenters. The maximum atomic E-state index is 5.33. The summed E-state index contributed by atoms with van der Waals surface area (Å²) in [4.78, 5) is 0. The maximum absolute atomic E-state index is 5.33. The van der Waals surface area contributed by atoms with E-state index < -0.39 is 0 Å². The zero-order chi connectivity index (χ0) is 7.56. The number of hydrogen-bond donors (Lipinski definition) is 0. The fourth-order valence-electron chi connectivity index (χ4n) is 1.51. The molecule has 0 aromatic heterocycles. The summed E-state index contributed by atoms with van der Waals surface area (Å²) in [7, 11) is 0. The Labute approximate surface area is 63.8 Å². The molecule has 0 aromatic rings. The molecule has 1 heteroatoms. The van der Waals surface area contributed by atoms with Gasteiger partial charge >= 0.3 is 0 Å². The molecule has 1 heterocycles. The van der Waals surface area contributed by atoms with E-state index in [1.807, 2.05) is 0 Å². The largest absolute Gasteiger partial charge is 0.381 e. The highest BCUT2D eigenvalue weighted by Gasteiger charge is 2.23. The molecule has 0 radical (unpaired) electrons. The standard InChI is InChI=1S/C9H18O/c1-7(2)8(3)9-4-5-10-6-9/h7-9H,4-6H2,1-3H3. The molecule has 1 aliphatic rings. The Hall–Kier alpha value is -0.0400. The van der Waals surface area contributed by atoms with Gasteiger partial charge in [0.15, 0.2) is 0 Å². The van der Waals surface area contributed by atoms with Gasteiger partial charge in [0.05, 0.1) is 0 Å². The average molecular weight is 142 g/mol. The molecule has 0 saturated carbocycles. The van der Waals surface area contributed by atoms with Crippen molar-refractivity contribution in [3.63, 3.8) is 0 Å². The van der Waals surface area contributed by atoms with E-state index >= 15 is 0 Å². The first-order valence-electron chi connectivity index (χ1n) is 4.29. The molecular formula is C9H18O. The highest BCUT2D eigenvalue weighted by Crippen LogP contribution is 2.26. The van der Waals surface area contributed by atoms with E-state index in [0.717, 1.165) is 31.0 Å². The highest BCUT2D eigenvalue weighted by molar-refractivity contribution is 4.72. The Bertz CT molecular complexity index is 92.9. The third-order valence-electron chi connectivity index (χ3n) is 2.76. The first-order chi connectivity index (χ1) is 4.72. The molecule has 0 bridgehead atoms. The molecule has 1 aliphatic heterocycles. The summed E-state index contributed by atoms with van der Waals surface area (Å²) in [5.41, 5.74) is 0. The predicted molar refractivity (Wildman–Crippen MR) is 42.9 cm³/mol. The minimum Gasteiger partial charge on any atom is -0.381 e. The van der Waals surface area contributed by atoms with E-state index in [0.29, 0.717) is 0 Å². The number of hydrogen-bond acceptors (Lipinski definition) is 1. The van der Waals surface area contributed by atoms with Crippen LogP contribution in [0.4, 0.5) is 0 Å². The second-order valence-electron chi connectivity index (χ2n) is 3.73. The molecule has 10 heavy (non-hydrogen) atoms. The Morgan fingerprint density at radius 2 is 2.00 bits per heavy atom. The fraction of sp³-hybridized carbons (Fsp3) is 1.00. The predicted octanol–water partition coefficient (Wildman–Crippen LogP) is 2.32. The first-order valence-corrected chi connectivity index (χ1v) is 4.29. The second kappa shape index (κ2) is 3.38. The second-order valence-corrected chi connectivity index (χ2v) is 3.73. The van der Waals surface area contributed by atoms with Crippen LogP contribution in [-0.4, -0.2) is 13.2 Å². The van der Waals surface area contributed by atoms with Gasteiger partial charge in [-0.15, -0.1) is 0 Å². The summed E-state index contributed by atoms with van der Waals surface area (Å²) in [6.45, 7) is 8.91. The van der Waals surface area contributed by atoms with Crippen molar-refractivity contribution in [1.29, 1.82) is 0 Å². The van der Waals surface area contributed by atoms with Gasteiger partial charge in [-0.1, -0.05) is 20.8 Å². The summed E-state index contributed by atoms with van der Waals surface area (Å²) < 4.78 is 5.33. The summed E-state index contributed by atoms with van der Waals surface area (Å²) in [6, 6.07) is 0. The normalized spacial score (nSPS) is 29.4. The molecule has 0 aromatic carbocycles. The van der Waals surface area contributed by atoms with E-state index in [4.69, 9.17) is 4.74 Å². The van der Waals surface area contributed by atoms with Crippen LogP contribution in [0.3, 0.4) is 0 Å². The van der Waals surface area contributed by atoms with Gasteiger partial charge in [-0.3, -0.25) is 0 Å². The summed E-state index contributed by atoms with van der Waals surface area (Å²) in [5, 5.41) is 0. The minimum absolute atomic E-state index is 0.812. The van der Waals surface area contributed by atoms with Crippen LogP contribution in [0.1, 0.15) is 27.2 Å². The molecule has 2 atom stereocenters. The van der Waals surface area contributed by atoms with Gasteiger partial charge in [0, 0.05) is 13.2 Å². The summed E-state index contributed by atoms with van der Waals surface area (Å²) in [5.74, 6) is 2.48. The molecule has 0 spiro atoms. The zero-order valence-electron chi connectivity index (χ0n) is 7.26. The quantitative estimate of drug-likeness (QED) is 0.575. The summed E-state index contributed by atoms with van der Waals surface area (Å²) >= 11 is 0. The van der Waals surface area contributed by atoms with Gasteiger partial charge in [-0.05, 0) is 24.2 Å². The lowest BCUT2D eigenvalue weighted by molar-refractivity contribution is 0.164. The SMILES string of the molecule is CC(C)C(C)C1CCOC1. The van der Waals surface area contributed by atoms with Crippen LogP contribution >= 0.6 is 0 Å². The van der Waals surface area contributed by atoms with E-state index in [-0.39, 0.29) is 0 Å². The van der Waals surface area contributed by atoms with Gasteiger partial charge in [0.25, 0.3) is 0 Å². The molecule has 1 nitrogen and oxygen atoms in total. The van der Waals surface area contributed by atoms with Crippen LogP contribution in [0.15, 0.2) is 0 Å². The Morgan fingerprint density at radius 1 is 1.30 bits per heavy atom. The molecule has 0 amide bonds. The van der Waals surface area contributed by atoms with Crippen molar-refractivity contribution in [2.75, 3.05) is 13.2 Å². The van der Waals surface area contributed by atoms with Gasteiger partial charge in [-0.25, -0.2) is 0 Å². The van der Waals surface area contributed by atoms with Gasteiger partial charge in [0.2, 0.25) is 0 Å². The first kappa shape index (κ1) is 8.06. The summed E-state index contributed by atoms with van der Waals surface area (Å²) in [6.07, 6.45) is 1.28.